The number of fused-ring (bicyclic) bond motifs is 1. The van der Waals surface area contributed by atoms with Gasteiger partial charge in [0.2, 0.25) is 0 Å². The zero-order chi connectivity index (χ0) is 19.3. The fourth-order valence-corrected chi connectivity index (χ4v) is 4.34. The Bertz CT molecular complexity index is 962. The van der Waals surface area contributed by atoms with Crippen LogP contribution in [-0.2, 0) is 13.0 Å². The molecule has 1 unspecified atom stereocenters. The first-order valence-electron chi connectivity index (χ1n) is 9.58. The van der Waals surface area contributed by atoms with Crippen LogP contribution in [0.4, 0.5) is 0 Å². The molecule has 4 heteroatoms. The minimum atomic E-state index is 0.183. The largest absolute Gasteiger partial charge is 0.493 e. The Morgan fingerprint density at radius 1 is 1.14 bits per heavy atom. The SMILES string of the molecule is COc1cc2c(cc1OCc1ccccc1)CCNC2/C=C/c1sccc1C. The molecule has 1 aliphatic heterocycles. The van der Waals surface area contributed by atoms with Crippen molar-refractivity contribution in [2.75, 3.05) is 13.7 Å². The summed E-state index contributed by atoms with van der Waals surface area (Å²) in [5, 5.41) is 5.74. The second-order valence-corrected chi connectivity index (χ2v) is 7.93. The highest BCUT2D eigenvalue weighted by molar-refractivity contribution is 7.11. The molecule has 3 aromatic rings. The lowest BCUT2D eigenvalue weighted by Crippen LogP contribution is -2.28. The topological polar surface area (TPSA) is 30.5 Å². The summed E-state index contributed by atoms with van der Waals surface area (Å²) in [5.41, 5.74) is 5.05. The number of nitrogens with one attached hydrogen (secondary N) is 1. The van der Waals surface area contributed by atoms with Gasteiger partial charge in [-0.05, 0) is 65.3 Å². The molecule has 0 saturated carbocycles. The van der Waals surface area contributed by atoms with E-state index in [1.54, 1.807) is 18.4 Å². The third-order valence-electron chi connectivity index (χ3n) is 5.10. The maximum atomic E-state index is 6.09. The van der Waals surface area contributed by atoms with E-state index in [0.29, 0.717) is 6.61 Å². The Hall–Kier alpha value is -2.56. The van der Waals surface area contributed by atoms with Crippen molar-refractivity contribution in [1.82, 2.24) is 5.32 Å². The summed E-state index contributed by atoms with van der Waals surface area (Å²) < 4.78 is 11.7. The molecule has 0 saturated heterocycles. The lowest BCUT2D eigenvalue weighted by molar-refractivity contribution is 0.283. The lowest BCUT2D eigenvalue weighted by atomic mass is 9.93. The summed E-state index contributed by atoms with van der Waals surface area (Å²) in [7, 11) is 1.70. The van der Waals surface area contributed by atoms with Gasteiger partial charge in [0.1, 0.15) is 6.61 Å². The van der Waals surface area contributed by atoms with E-state index < -0.39 is 0 Å². The van der Waals surface area contributed by atoms with Crippen LogP contribution >= 0.6 is 11.3 Å². The van der Waals surface area contributed by atoms with Crippen molar-refractivity contribution in [3.63, 3.8) is 0 Å². The van der Waals surface area contributed by atoms with E-state index >= 15 is 0 Å². The van der Waals surface area contributed by atoms with Crippen LogP contribution in [-0.4, -0.2) is 13.7 Å². The average molecular weight is 392 g/mol. The van der Waals surface area contributed by atoms with E-state index in [1.165, 1.54) is 21.6 Å². The van der Waals surface area contributed by atoms with Gasteiger partial charge in [0.05, 0.1) is 13.2 Å². The number of hydrogen-bond donors (Lipinski definition) is 1. The van der Waals surface area contributed by atoms with Crippen LogP contribution < -0.4 is 14.8 Å². The fourth-order valence-electron chi connectivity index (χ4n) is 3.51. The van der Waals surface area contributed by atoms with E-state index in [0.717, 1.165) is 30.0 Å². The quantitative estimate of drug-likeness (QED) is 0.598. The van der Waals surface area contributed by atoms with Crippen LogP contribution in [0.3, 0.4) is 0 Å². The van der Waals surface area contributed by atoms with E-state index in [2.05, 4.69) is 60.1 Å². The highest BCUT2D eigenvalue weighted by atomic mass is 32.1. The van der Waals surface area contributed by atoms with Gasteiger partial charge < -0.3 is 14.8 Å². The Balaban J connectivity index is 1.57. The van der Waals surface area contributed by atoms with Gasteiger partial charge in [-0.3, -0.25) is 0 Å². The van der Waals surface area contributed by atoms with Gasteiger partial charge >= 0.3 is 0 Å². The molecule has 0 aliphatic carbocycles. The number of aryl methyl sites for hydroxylation is 1. The zero-order valence-corrected chi connectivity index (χ0v) is 17.1. The van der Waals surface area contributed by atoms with Gasteiger partial charge in [0.25, 0.3) is 0 Å². The minimum absolute atomic E-state index is 0.183. The summed E-state index contributed by atoms with van der Waals surface area (Å²) in [6.07, 6.45) is 5.46. The van der Waals surface area contributed by atoms with E-state index in [9.17, 15) is 0 Å². The second-order valence-electron chi connectivity index (χ2n) is 6.98. The summed E-state index contributed by atoms with van der Waals surface area (Å²) in [6, 6.07) is 16.8. The van der Waals surface area contributed by atoms with Gasteiger partial charge in [-0.2, -0.15) is 0 Å². The number of rotatable bonds is 6. The molecule has 0 amide bonds. The summed E-state index contributed by atoms with van der Waals surface area (Å²) in [5.74, 6) is 1.59. The molecule has 0 spiro atoms. The molecule has 1 aliphatic rings. The van der Waals surface area contributed by atoms with Crippen molar-refractivity contribution in [2.24, 2.45) is 0 Å². The van der Waals surface area contributed by atoms with Crippen LogP contribution in [0.5, 0.6) is 11.5 Å². The van der Waals surface area contributed by atoms with E-state index in [1.807, 2.05) is 18.2 Å². The zero-order valence-electron chi connectivity index (χ0n) is 16.3. The average Bonchev–Trinajstić information content (AvgIpc) is 3.15. The van der Waals surface area contributed by atoms with Crippen LogP contribution in [0.1, 0.15) is 33.2 Å². The molecule has 0 radical (unpaired) electrons. The van der Waals surface area contributed by atoms with Crippen molar-refractivity contribution in [1.29, 1.82) is 0 Å². The maximum absolute atomic E-state index is 6.09. The third kappa shape index (κ3) is 4.13. The van der Waals surface area contributed by atoms with Gasteiger partial charge in [-0.25, -0.2) is 0 Å². The second kappa shape index (κ2) is 8.63. The Labute approximate surface area is 170 Å². The predicted octanol–water partition coefficient (Wildman–Crippen LogP) is 5.54. The smallest absolute Gasteiger partial charge is 0.161 e. The first-order valence-corrected chi connectivity index (χ1v) is 10.5. The normalized spacial score (nSPS) is 16.1. The number of hydrogen-bond acceptors (Lipinski definition) is 4. The number of ether oxygens (including phenoxy) is 2. The monoisotopic (exact) mass is 391 g/mol. The number of methoxy groups -OCH3 is 1. The van der Waals surface area contributed by atoms with Crippen molar-refractivity contribution in [2.45, 2.75) is 26.0 Å². The van der Waals surface area contributed by atoms with Crippen molar-refractivity contribution in [3.05, 3.63) is 87.1 Å². The molecule has 2 aromatic carbocycles. The number of benzene rings is 2. The molecular formula is C24H25NO2S. The molecule has 0 bridgehead atoms. The van der Waals surface area contributed by atoms with E-state index in [4.69, 9.17) is 9.47 Å². The Kier molecular flexibility index (Phi) is 5.79. The molecule has 2 heterocycles. The standard InChI is InChI=1S/C24H25NO2S/c1-17-11-13-28-24(17)9-8-21-20-15-22(26-2)23(14-19(20)10-12-25-21)27-16-18-6-4-3-5-7-18/h3-9,11,13-15,21,25H,10,12,16H2,1-2H3/b9-8+. The van der Waals surface area contributed by atoms with Crippen molar-refractivity contribution < 1.29 is 9.47 Å². The molecule has 28 heavy (non-hydrogen) atoms. The highest BCUT2D eigenvalue weighted by Crippen LogP contribution is 2.36. The first kappa shape index (κ1) is 18.8. The molecule has 144 valence electrons. The van der Waals surface area contributed by atoms with Crippen LogP contribution in [0, 0.1) is 6.92 Å². The molecular weight excluding hydrogens is 366 g/mol. The van der Waals surface area contributed by atoms with Crippen molar-refractivity contribution >= 4 is 17.4 Å². The fraction of sp³-hybridized carbons (Fsp3) is 0.250. The minimum Gasteiger partial charge on any atom is -0.493 e. The predicted molar refractivity (Wildman–Crippen MR) is 116 cm³/mol. The van der Waals surface area contributed by atoms with Crippen LogP contribution in [0.2, 0.25) is 0 Å². The molecule has 4 rings (SSSR count). The Morgan fingerprint density at radius 3 is 2.75 bits per heavy atom. The van der Waals surface area contributed by atoms with Crippen molar-refractivity contribution in [3.8, 4) is 11.5 Å². The van der Waals surface area contributed by atoms with E-state index in [-0.39, 0.29) is 6.04 Å². The van der Waals surface area contributed by atoms with Gasteiger partial charge in [-0.1, -0.05) is 36.4 Å². The lowest BCUT2D eigenvalue weighted by Gasteiger charge is -2.26. The highest BCUT2D eigenvalue weighted by Gasteiger charge is 2.21. The van der Waals surface area contributed by atoms with Gasteiger partial charge in [-0.15, -0.1) is 11.3 Å². The third-order valence-corrected chi connectivity index (χ3v) is 6.08. The van der Waals surface area contributed by atoms with Crippen LogP contribution in [0.25, 0.3) is 6.08 Å². The molecule has 1 aromatic heterocycles. The van der Waals surface area contributed by atoms with Gasteiger partial charge in [0.15, 0.2) is 11.5 Å². The van der Waals surface area contributed by atoms with Crippen LogP contribution in [0.15, 0.2) is 60.0 Å². The summed E-state index contributed by atoms with van der Waals surface area (Å²) in [6.45, 7) is 3.64. The Morgan fingerprint density at radius 2 is 2.00 bits per heavy atom. The van der Waals surface area contributed by atoms with Gasteiger partial charge in [0, 0.05) is 11.4 Å². The maximum Gasteiger partial charge on any atom is 0.161 e. The number of thiophene rings is 1. The first-order chi connectivity index (χ1) is 13.7. The molecule has 0 fully saturated rings. The summed E-state index contributed by atoms with van der Waals surface area (Å²) >= 11 is 1.77. The molecule has 3 nitrogen and oxygen atoms in total. The molecule has 1 N–H and O–H groups in total. The summed E-state index contributed by atoms with van der Waals surface area (Å²) in [4.78, 5) is 1.31. The molecule has 1 atom stereocenters.